The molecule has 1 rings (SSSR count). The van der Waals surface area contributed by atoms with Crippen LogP contribution in [-0.4, -0.2) is 23.2 Å². The van der Waals surface area contributed by atoms with Crippen LogP contribution in [0.15, 0.2) is 24.3 Å². The molecule has 108 valence electrons. The van der Waals surface area contributed by atoms with Crippen LogP contribution in [0.4, 0.5) is 0 Å². The minimum Gasteiger partial charge on any atom is -0.457 e. The minimum atomic E-state index is -0.607. The highest BCUT2D eigenvalue weighted by Gasteiger charge is 2.13. The Bertz CT molecular complexity index is 529. The first-order valence-corrected chi connectivity index (χ1v) is 7.68. The molecule has 0 saturated heterocycles. The van der Waals surface area contributed by atoms with Crippen molar-refractivity contribution in [1.29, 1.82) is 0 Å². The third kappa shape index (κ3) is 6.07. The van der Waals surface area contributed by atoms with Gasteiger partial charge in [0.15, 0.2) is 0 Å². The second-order valence-corrected chi connectivity index (χ2v) is 5.50. The van der Waals surface area contributed by atoms with Crippen LogP contribution in [0.3, 0.4) is 0 Å². The number of alkyl halides is 1. The van der Waals surface area contributed by atoms with E-state index in [1.807, 2.05) is 0 Å². The third-order valence-electron chi connectivity index (χ3n) is 2.33. The van der Waals surface area contributed by atoms with Crippen LogP contribution < -0.4 is 0 Å². The van der Waals surface area contributed by atoms with Gasteiger partial charge >= 0.3 is 5.97 Å². The Labute approximate surface area is 136 Å². The summed E-state index contributed by atoms with van der Waals surface area (Å²) in [4.78, 5) is 22.4. The van der Waals surface area contributed by atoms with Gasteiger partial charge in [-0.25, -0.2) is 0 Å². The molecule has 1 aromatic rings. The van der Waals surface area contributed by atoms with Gasteiger partial charge in [0.2, 0.25) is 0 Å². The SMILES string of the molecule is CC(=O)CC(/C=C/c1ccc(Cl)cc1Cl)OC(=O)CBr. The Morgan fingerprint density at radius 1 is 1.40 bits per heavy atom. The molecule has 1 aromatic carbocycles. The molecule has 0 aliphatic heterocycles. The Morgan fingerprint density at radius 3 is 2.65 bits per heavy atom. The predicted molar refractivity (Wildman–Crippen MR) is 84.5 cm³/mol. The lowest BCUT2D eigenvalue weighted by molar-refractivity contribution is -0.144. The average molecular weight is 380 g/mol. The molecule has 0 fully saturated rings. The second-order valence-electron chi connectivity index (χ2n) is 4.09. The van der Waals surface area contributed by atoms with Crippen LogP contribution in [0.25, 0.3) is 6.08 Å². The summed E-state index contributed by atoms with van der Waals surface area (Å²) in [6.45, 7) is 1.44. The molecule has 0 saturated carbocycles. The average Bonchev–Trinajstić information content (AvgIpc) is 2.36. The first kappa shape index (κ1) is 17.2. The van der Waals surface area contributed by atoms with E-state index in [2.05, 4.69) is 15.9 Å². The van der Waals surface area contributed by atoms with Crippen LogP contribution in [0.1, 0.15) is 18.9 Å². The molecule has 3 nitrogen and oxygen atoms in total. The van der Waals surface area contributed by atoms with Crippen molar-refractivity contribution in [1.82, 2.24) is 0 Å². The summed E-state index contributed by atoms with van der Waals surface area (Å²) in [6.07, 6.45) is 2.86. The van der Waals surface area contributed by atoms with Crippen LogP contribution in [0.5, 0.6) is 0 Å². The Kier molecular flexibility index (Phi) is 7.27. The number of carbonyl (C=O) groups is 2. The van der Waals surface area contributed by atoms with Gasteiger partial charge in [0, 0.05) is 16.5 Å². The van der Waals surface area contributed by atoms with Crippen molar-refractivity contribution in [2.24, 2.45) is 0 Å². The van der Waals surface area contributed by atoms with Crippen molar-refractivity contribution in [3.05, 3.63) is 39.9 Å². The first-order valence-electron chi connectivity index (χ1n) is 5.80. The third-order valence-corrected chi connectivity index (χ3v) is 3.35. The van der Waals surface area contributed by atoms with Gasteiger partial charge in [0.05, 0.1) is 0 Å². The summed E-state index contributed by atoms with van der Waals surface area (Å²) in [5, 5.41) is 1.11. The molecule has 0 heterocycles. The quantitative estimate of drug-likeness (QED) is 0.546. The summed E-state index contributed by atoms with van der Waals surface area (Å²) < 4.78 is 5.13. The highest BCUT2D eigenvalue weighted by molar-refractivity contribution is 9.09. The molecule has 0 aromatic heterocycles. The standard InChI is InChI=1S/C14H13BrCl2O3/c1-9(18)6-12(20-14(19)8-15)5-3-10-2-4-11(16)7-13(10)17/h2-5,7,12H,6,8H2,1H3/b5-3+. The van der Waals surface area contributed by atoms with Crippen molar-refractivity contribution in [2.45, 2.75) is 19.4 Å². The molecular weight excluding hydrogens is 367 g/mol. The summed E-state index contributed by atoms with van der Waals surface area (Å²) in [7, 11) is 0. The number of esters is 1. The molecule has 0 radical (unpaired) electrons. The molecule has 0 amide bonds. The van der Waals surface area contributed by atoms with E-state index in [-0.39, 0.29) is 17.5 Å². The summed E-state index contributed by atoms with van der Waals surface area (Å²) >= 11 is 14.8. The zero-order valence-electron chi connectivity index (χ0n) is 10.7. The summed E-state index contributed by atoms with van der Waals surface area (Å²) in [5.74, 6) is -0.493. The topological polar surface area (TPSA) is 43.4 Å². The lowest BCUT2D eigenvalue weighted by Gasteiger charge is -2.12. The fourth-order valence-electron chi connectivity index (χ4n) is 1.48. The number of carbonyl (C=O) groups excluding carboxylic acids is 2. The number of ether oxygens (including phenoxy) is 1. The molecule has 1 atom stereocenters. The van der Waals surface area contributed by atoms with E-state index in [9.17, 15) is 9.59 Å². The first-order chi connectivity index (χ1) is 9.42. The fourth-order valence-corrected chi connectivity index (χ4v) is 2.08. The molecule has 6 heteroatoms. The van der Waals surface area contributed by atoms with Crippen molar-refractivity contribution in [2.75, 3.05) is 5.33 Å². The second kappa shape index (κ2) is 8.45. The number of hydrogen-bond donors (Lipinski definition) is 0. The highest BCUT2D eigenvalue weighted by atomic mass is 79.9. The van der Waals surface area contributed by atoms with Crippen LogP contribution >= 0.6 is 39.1 Å². The zero-order chi connectivity index (χ0) is 15.1. The largest absolute Gasteiger partial charge is 0.457 e. The van der Waals surface area contributed by atoms with E-state index in [4.69, 9.17) is 27.9 Å². The Morgan fingerprint density at radius 2 is 2.10 bits per heavy atom. The van der Waals surface area contributed by atoms with Gasteiger partial charge in [0.1, 0.15) is 17.2 Å². The van der Waals surface area contributed by atoms with Crippen molar-refractivity contribution < 1.29 is 14.3 Å². The molecule has 0 aliphatic rings. The number of ketones is 1. The normalized spacial score (nSPS) is 12.4. The maximum absolute atomic E-state index is 11.3. The number of hydrogen-bond acceptors (Lipinski definition) is 3. The summed E-state index contributed by atoms with van der Waals surface area (Å²) in [5.41, 5.74) is 0.736. The lowest BCUT2D eigenvalue weighted by Crippen LogP contribution is -2.19. The van der Waals surface area contributed by atoms with Gasteiger partial charge in [-0.15, -0.1) is 0 Å². The monoisotopic (exact) mass is 378 g/mol. The zero-order valence-corrected chi connectivity index (χ0v) is 13.8. The smallest absolute Gasteiger partial charge is 0.317 e. The molecule has 20 heavy (non-hydrogen) atoms. The number of Topliss-reactive ketones (excluding diaryl/α,β-unsaturated/α-hetero) is 1. The van der Waals surface area contributed by atoms with E-state index < -0.39 is 12.1 Å². The van der Waals surface area contributed by atoms with E-state index in [1.165, 1.54) is 6.92 Å². The predicted octanol–water partition coefficient (Wildman–Crippen LogP) is 4.29. The van der Waals surface area contributed by atoms with Gasteiger partial charge < -0.3 is 4.74 Å². The summed E-state index contributed by atoms with van der Waals surface area (Å²) in [6, 6.07) is 5.07. The van der Waals surface area contributed by atoms with Crippen molar-refractivity contribution in [3.8, 4) is 0 Å². The van der Waals surface area contributed by atoms with E-state index >= 15 is 0 Å². The molecule has 0 spiro atoms. The van der Waals surface area contributed by atoms with E-state index in [1.54, 1.807) is 30.4 Å². The Hall–Kier alpha value is -0.840. The Balaban J connectivity index is 2.84. The highest BCUT2D eigenvalue weighted by Crippen LogP contribution is 2.22. The van der Waals surface area contributed by atoms with E-state index in [0.717, 1.165) is 5.56 Å². The van der Waals surface area contributed by atoms with E-state index in [0.29, 0.717) is 10.0 Å². The molecule has 0 aliphatic carbocycles. The maximum atomic E-state index is 11.3. The van der Waals surface area contributed by atoms with Crippen LogP contribution in [0, 0.1) is 0 Å². The lowest BCUT2D eigenvalue weighted by atomic mass is 10.1. The maximum Gasteiger partial charge on any atom is 0.317 e. The fraction of sp³-hybridized carbons (Fsp3) is 0.286. The molecule has 0 bridgehead atoms. The van der Waals surface area contributed by atoms with Crippen molar-refractivity contribution in [3.63, 3.8) is 0 Å². The number of benzene rings is 1. The molecule has 1 unspecified atom stereocenters. The number of halogens is 3. The van der Waals surface area contributed by atoms with Gasteiger partial charge in [0.25, 0.3) is 0 Å². The van der Waals surface area contributed by atoms with Gasteiger partial charge in [-0.3, -0.25) is 9.59 Å². The molecular formula is C14H13BrCl2O3. The molecule has 0 N–H and O–H groups in total. The van der Waals surface area contributed by atoms with Gasteiger partial charge in [-0.05, 0) is 30.7 Å². The van der Waals surface area contributed by atoms with Crippen LogP contribution in [0.2, 0.25) is 10.0 Å². The van der Waals surface area contributed by atoms with Crippen LogP contribution in [-0.2, 0) is 14.3 Å². The van der Waals surface area contributed by atoms with Crippen molar-refractivity contribution >= 4 is 57.0 Å². The van der Waals surface area contributed by atoms with Gasteiger partial charge in [-0.2, -0.15) is 0 Å². The number of rotatable bonds is 6. The minimum absolute atomic E-state index is 0.0655. The van der Waals surface area contributed by atoms with Gasteiger partial charge in [-0.1, -0.05) is 51.3 Å².